The Hall–Kier alpha value is -2.56. The molecular weight excluding hydrogens is 331 g/mol. The van der Waals surface area contributed by atoms with Crippen LogP contribution in [0.3, 0.4) is 0 Å². The van der Waals surface area contributed by atoms with Gasteiger partial charge in [0.05, 0.1) is 18.2 Å². The van der Waals surface area contributed by atoms with E-state index < -0.39 is 12.1 Å². The quantitative estimate of drug-likeness (QED) is 0.485. The van der Waals surface area contributed by atoms with E-state index in [-0.39, 0.29) is 11.9 Å². The van der Waals surface area contributed by atoms with Gasteiger partial charge >= 0.3 is 0 Å². The highest BCUT2D eigenvalue weighted by molar-refractivity contribution is 5.72. The highest BCUT2D eigenvalue weighted by Gasteiger charge is 2.37. The van der Waals surface area contributed by atoms with Gasteiger partial charge < -0.3 is 10.0 Å². The minimum atomic E-state index is -0.760. The summed E-state index contributed by atoms with van der Waals surface area (Å²) in [7, 11) is 0. The Morgan fingerprint density at radius 3 is 2.69 bits per heavy atom. The highest BCUT2D eigenvalue weighted by atomic mass is 19.1. The van der Waals surface area contributed by atoms with Crippen LogP contribution in [0.2, 0.25) is 0 Å². The highest BCUT2D eigenvalue weighted by Crippen LogP contribution is 2.41. The van der Waals surface area contributed by atoms with Gasteiger partial charge in [0.1, 0.15) is 5.82 Å². The molecule has 0 bridgehead atoms. The number of aliphatic hydroxyl groups excluding tert-OH is 1. The molecule has 0 aromatic heterocycles. The van der Waals surface area contributed by atoms with E-state index >= 15 is 0 Å². The van der Waals surface area contributed by atoms with Crippen molar-refractivity contribution in [3.8, 4) is 0 Å². The second kappa shape index (κ2) is 6.98. The van der Waals surface area contributed by atoms with E-state index in [0.717, 1.165) is 42.6 Å². The van der Waals surface area contributed by atoms with Gasteiger partial charge in [-0.1, -0.05) is 29.7 Å². The van der Waals surface area contributed by atoms with Crippen LogP contribution in [0.5, 0.6) is 0 Å². The number of nitrogens with zero attached hydrogens (tertiary/aromatic N) is 4. The lowest BCUT2D eigenvalue weighted by atomic mass is 9.86. The first kappa shape index (κ1) is 16.9. The van der Waals surface area contributed by atoms with Gasteiger partial charge in [-0.25, -0.2) is 4.39 Å². The molecule has 2 aromatic rings. The molecule has 1 fully saturated rings. The maximum atomic E-state index is 13.8. The Kier molecular flexibility index (Phi) is 4.53. The molecule has 2 aromatic carbocycles. The van der Waals surface area contributed by atoms with Crippen LogP contribution in [0.4, 0.5) is 15.8 Å². The molecule has 134 valence electrons. The first-order valence-corrected chi connectivity index (χ1v) is 9.07. The molecule has 0 amide bonds. The molecule has 4 rings (SSSR count). The molecule has 1 heterocycles. The summed E-state index contributed by atoms with van der Waals surface area (Å²) in [4.78, 5) is 5.04. The van der Waals surface area contributed by atoms with Crippen LogP contribution in [-0.4, -0.2) is 23.3 Å². The minimum Gasteiger partial charge on any atom is -0.391 e. The Balaban J connectivity index is 1.85. The normalized spacial score (nSPS) is 24.8. The van der Waals surface area contributed by atoms with Crippen LogP contribution in [0.1, 0.15) is 30.4 Å². The monoisotopic (exact) mass is 352 g/mol. The Bertz CT molecular complexity index is 865. The summed E-state index contributed by atoms with van der Waals surface area (Å²) < 4.78 is 13.8. The van der Waals surface area contributed by atoms with Crippen molar-refractivity contribution in [1.82, 2.24) is 0 Å². The van der Waals surface area contributed by atoms with Crippen LogP contribution >= 0.6 is 0 Å². The SMILES string of the molecule is [N-]=[N+]=N[C@H]1CCC[C@@H](N2c3ccccc3CCc3cc(F)ccc32)[C@@H]1O. The van der Waals surface area contributed by atoms with Gasteiger partial charge in [0, 0.05) is 16.3 Å². The van der Waals surface area contributed by atoms with Crippen molar-refractivity contribution in [2.45, 2.75) is 50.3 Å². The van der Waals surface area contributed by atoms with Crippen molar-refractivity contribution >= 4 is 11.4 Å². The number of rotatable bonds is 2. The number of fused-ring (bicyclic) bond motifs is 2. The third-order valence-corrected chi connectivity index (χ3v) is 5.54. The molecule has 0 saturated heterocycles. The molecule has 5 nitrogen and oxygen atoms in total. The van der Waals surface area contributed by atoms with Gasteiger partial charge in [0.25, 0.3) is 0 Å². The van der Waals surface area contributed by atoms with Crippen LogP contribution in [0.25, 0.3) is 10.4 Å². The van der Waals surface area contributed by atoms with Crippen molar-refractivity contribution in [2.75, 3.05) is 4.90 Å². The van der Waals surface area contributed by atoms with E-state index in [4.69, 9.17) is 5.53 Å². The summed E-state index contributed by atoms with van der Waals surface area (Å²) in [6, 6.07) is 12.4. The number of aryl methyl sites for hydroxylation is 2. The fourth-order valence-corrected chi connectivity index (χ4v) is 4.31. The summed E-state index contributed by atoms with van der Waals surface area (Å²) >= 11 is 0. The van der Waals surface area contributed by atoms with E-state index in [1.807, 2.05) is 12.1 Å². The van der Waals surface area contributed by atoms with E-state index in [0.29, 0.717) is 6.42 Å². The first-order chi connectivity index (χ1) is 12.7. The maximum Gasteiger partial charge on any atom is 0.123 e. The molecule has 0 spiro atoms. The number of aliphatic hydroxyl groups is 1. The van der Waals surface area contributed by atoms with Crippen LogP contribution in [0.15, 0.2) is 47.6 Å². The molecule has 1 aliphatic carbocycles. The largest absolute Gasteiger partial charge is 0.391 e. The van der Waals surface area contributed by atoms with Gasteiger partial charge in [0.15, 0.2) is 0 Å². The Morgan fingerprint density at radius 2 is 1.85 bits per heavy atom. The predicted molar refractivity (Wildman–Crippen MR) is 99.0 cm³/mol. The zero-order valence-electron chi connectivity index (χ0n) is 14.4. The van der Waals surface area contributed by atoms with Crippen molar-refractivity contribution in [3.05, 3.63) is 69.9 Å². The number of hydrogen-bond acceptors (Lipinski definition) is 3. The zero-order valence-corrected chi connectivity index (χ0v) is 14.4. The second-order valence-electron chi connectivity index (χ2n) is 7.03. The molecule has 26 heavy (non-hydrogen) atoms. The third-order valence-electron chi connectivity index (χ3n) is 5.54. The molecule has 1 saturated carbocycles. The Labute approximate surface area is 151 Å². The standard InChI is InChI=1S/C20H21FN4O/c21-15-10-11-18-14(12-15)9-8-13-4-1-2-6-17(13)25(18)19-7-3-5-16(20(19)26)23-24-22/h1-2,4,6,10-12,16,19-20,26H,3,5,7-9H2/t16-,19+,20+/m0/s1. The number of anilines is 2. The average molecular weight is 352 g/mol. The maximum absolute atomic E-state index is 13.8. The van der Waals surface area contributed by atoms with Gasteiger partial charge in [-0.15, -0.1) is 0 Å². The van der Waals surface area contributed by atoms with Crippen LogP contribution in [-0.2, 0) is 12.8 Å². The number of para-hydroxylation sites is 1. The van der Waals surface area contributed by atoms with Gasteiger partial charge in [0.2, 0.25) is 0 Å². The van der Waals surface area contributed by atoms with E-state index in [1.165, 1.54) is 11.6 Å². The van der Waals surface area contributed by atoms with Crippen LogP contribution in [0, 0.1) is 5.82 Å². The number of hydrogen-bond donors (Lipinski definition) is 1. The topological polar surface area (TPSA) is 72.2 Å². The van der Waals surface area contributed by atoms with Gasteiger partial charge in [-0.3, -0.25) is 0 Å². The summed E-state index contributed by atoms with van der Waals surface area (Å²) in [6.07, 6.45) is 3.18. The third kappa shape index (κ3) is 2.91. The lowest BCUT2D eigenvalue weighted by molar-refractivity contribution is 0.0879. The first-order valence-electron chi connectivity index (χ1n) is 9.07. The van der Waals surface area contributed by atoms with Crippen molar-refractivity contribution in [3.63, 3.8) is 0 Å². The summed E-state index contributed by atoms with van der Waals surface area (Å²) in [5.41, 5.74) is 12.9. The smallest absolute Gasteiger partial charge is 0.123 e. The fourth-order valence-electron chi connectivity index (χ4n) is 4.31. The predicted octanol–water partition coefficient (Wildman–Crippen LogP) is 4.65. The molecule has 1 N–H and O–H groups in total. The van der Waals surface area contributed by atoms with E-state index in [2.05, 4.69) is 27.1 Å². The fraction of sp³-hybridized carbons (Fsp3) is 0.400. The summed E-state index contributed by atoms with van der Waals surface area (Å²) in [5.74, 6) is -0.245. The second-order valence-corrected chi connectivity index (χ2v) is 7.03. The van der Waals surface area contributed by atoms with Crippen molar-refractivity contribution in [2.24, 2.45) is 5.11 Å². The number of halogens is 1. The average Bonchev–Trinajstić information content (AvgIpc) is 2.80. The molecule has 3 atom stereocenters. The van der Waals surface area contributed by atoms with Gasteiger partial charge in [-0.05, 0) is 66.6 Å². The Morgan fingerprint density at radius 1 is 1.08 bits per heavy atom. The van der Waals surface area contributed by atoms with E-state index in [9.17, 15) is 9.50 Å². The van der Waals surface area contributed by atoms with Crippen LogP contribution < -0.4 is 4.90 Å². The number of benzene rings is 2. The summed E-state index contributed by atoms with van der Waals surface area (Å²) in [6.45, 7) is 0. The van der Waals surface area contributed by atoms with Crippen molar-refractivity contribution in [1.29, 1.82) is 0 Å². The molecule has 2 aliphatic rings. The molecule has 0 unspecified atom stereocenters. The minimum absolute atomic E-state index is 0.206. The lowest BCUT2D eigenvalue weighted by Crippen LogP contribution is -2.49. The lowest BCUT2D eigenvalue weighted by Gasteiger charge is -2.42. The number of azide groups is 1. The molecular formula is C20H21FN4O. The molecule has 6 heteroatoms. The summed E-state index contributed by atoms with van der Waals surface area (Å²) in [5, 5.41) is 14.7. The molecule has 0 radical (unpaired) electrons. The van der Waals surface area contributed by atoms with E-state index in [1.54, 1.807) is 12.1 Å². The van der Waals surface area contributed by atoms with Crippen molar-refractivity contribution < 1.29 is 9.50 Å². The van der Waals surface area contributed by atoms with Gasteiger partial charge in [-0.2, -0.15) is 0 Å². The molecule has 1 aliphatic heterocycles. The zero-order chi connectivity index (χ0) is 18.1.